The van der Waals surface area contributed by atoms with Crippen molar-refractivity contribution in [2.75, 3.05) is 6.61 Å². The quantitative estimate of drug-likeness (QED) is 0.877. The number of nitrogens with one attached hydrogen (secondary N) is 1. The van der Waals surface area contributed by atoms with E-state index < -0.39 is 39.3 Å². The van der Waals surface area contributed by atoms with Crippen molar-refractivity contribution in [3.8, 4) is 0 Å². The topological polar surface area (TPSA) is 66.4 Å². The van der Waals surface area contributed by atoms with Gasteiger partial charge in [-0.1, -0.05) is 12.1 Å². The van der Waals surface area contributed by atoms with Crippen molar-refractivity contribution in [2.45, 2.75) is 24.0 Å². The number of hydrogen-bond acceptors (Lipinski definition) is 3. The van der Waals surface area contributed by atoms with Gasteiger partial charge >= 0.3 is 6.18 Å². The van der Waals surface area contributed by atoms with Gasteiger partial charge in [0.15, 0.2) is 0 Å². The molecule has 0 saturated carbocycles. The first-order valence-corrected chi connectivity index (χ1v) is 6.46. The van der Waals surface area contributed by atoms with Crippen LogP contribution in [0, 0.1) is 0 Å². The normalized spacial score (nSPS) is 14.5. The van der Waals surface area contributed by atoms with E-state index in [0.29, 0.717) is 6.07 Å². The molecule has 0 bridgehead atoms. The molecule has 0 fully saturated rings. The molecular formula is C10H12F3NO3S. The highest BCUT2D eigenvalue weighted by molar-refractivity contribution is 7.89. The lowest BCUT2D eigenvalue weighted by Gasteiger charge is -2.15. The minimum Gasteiger partial charge on any atom is -0.395 e. The summed E-state index contributed by atoms with van der Waals surface area (Å²) in [6.45, 7) is 0.834. The molecule has 102 valence electrons. The van der Waals surface area contributed by atoms with Gasteiger partial charge in [-0.05, 0) is 19.1 Å². The molecule has 18 heavy (non-hydrogen) atoms. The van der Waals surface area contributed by atoms with E-state index in [1.807, 2.05) is 4.72 Å². The molecule has 1 atom stereocenters. The molecule has 8 heteroatoms. The predicted molar refractivity (Wildman–Crippen MR) is 58.3 cm³/mol. The van der Waals surface area contributed by atoms with Crippen LogP contribution in [0.1, 0.15) is 12.5 Å². The Kier molecular flexibility index (Phi) is 4.36. The summed E-state index contributed by atoms with van der Waals surface area (Å²) in [5.74, 6) is 0. The summed E-state index contributed by atoms with van der Waals surface area (Å²) >= 11 is 0. The van der Waals surface area contributed by atoms with E-state index >= 15 is 0 Å². The maximum absolute atomic E-state index is 12.7. The van der Waals surface area contributed by atoms with Crippen LogP contribution in [0.2, 0.25) is 0 Å². The highest BCUT2D eigenvalue weighted by Gasteiger charge is 2.37. The van der Waals surface area contributed by atoms with E-state index in [4.69, 9.17) is 5.11 Å². The Hall–Kier alpha value is -1.12. The zero-order chi connectivity index (χ0) is 14.0. The fraction of sp³-hybridized carbons (Fsp3) is 0.400. The van der Waals surface area contributed by atoms with Gasteiger partial charge in [0.05, 0.1) is 17.1 Å². The van der Waals surface area contributed by atoms with Crippen molar-refractivity contribution >= 4 is 10.0 Å². The van der Waals surface area contributed by atoms with E-state index in [0.717, 1.165) is 12.1 Å². The number of rotatable bonds is 4. The average Bonchev–Trinajstić information content (AvgIpc) is 2.27. The van der Waals surface area contributed by atoms with Crippen LogP contribution in [-0.2, 0) is 16.2 Å². The predicted octanol–water partition coefficient (Wildman–Crippen LogP) is 1.36. The molecule has 4 nitrogen and oxygen atoms in total. The molecule has 0 spiro atoms. The lowest BCUT2D eigenvalue weighted by molar-refractivity contribution is -0.139. The van der Waals surface area contributed by atoms with Crippen LogP contribution in [0.3, 0.4) is 0 Å². The fourth-order valence-electron chi connectivity index (χ4n) is 1.30. The lowest BCUT2D eigenvalue weighted by Crippen LogP contribution is -2.36. The van der Waals surface area contributed by atoms with Gasteiger partial charge in [-0.25, -0.2) is 13.1 Å². The highest BCUT2D eigenvalue weighted by Crippen LogP contribution is 2.33. The van der Waals surface area contributed by atoms with Gasteiger partial charge in [-0.3, -0.25) is 0 Å². The second-order valence-corrected chi connectivity index (χ2v) is 5.38. The zero-order valence-corrected chi connectivity index (χ0v) is 10.2. The molecule has 0 heterocycles. The van der Waals surface area contributed by atoms with Crippen molar-refractivity contribution < 1.29 is 26.7 Å². The van der Waals surface area contributed by atoms with E-state index in [1.54, 1.807) is 0 Å². The van der Waals surface area contributed by atoms with Crippen LogP contribution in [0.15, 0.2) is 29.2 Å². The Balaban J connectivity index is 3.25. The Morgan fingerprint density at radius 1 is 1.33 bits per heavy atom. The molecule has 0 saturated heterocycles. The van der Waals surface area contributed by atoms with Crippen molar-refractivity contribution in [1.82, 2.24) is 4.72 Å². The minimum absolute atomic E-state index is 0.507. The highest BCUT2D eigenvalue weighted by atomic mass is 32.2. The smallest absolute Gasteiger partial charge is 0.395 e. The number of halogens is 3. The first kappa shape index (κ1) is 14.9. The van der Waals surface area contributed by atoms with E-state index in [2.05, 4.69) is 0 Å². The SMILES string of the molecule is CC(CO)NS(=O)(=O)c1ccccc1C(F)(F)F. The Bertz CT molecular complexity index is 513. The average molecular weight is 283 g/mol. The summed E-state index contributed by atoms with van der Waals surface area (Å²) < 4.78 is 63.4. The number of aliphatic hydroxyl groups excluding tert-OH is 1. The lowest BCUT2D eigenvalue weighted by atomic mass is 10.2. The van der Waals surface area contributed by atoms with Crippen LogP contribution in [0.4, 0.5) is 13.2 Å². The van der Waals surface area contributed by atoms with Crippen LogP contribution >= 0.6 is 0 Å². The number of alkyl halides is 3. The summed E-state index contributed by atoms with van der Waals surface area (Å²) in [5, 5.41) is 8.73. The second kappa shape index (κ2) is 5.25. The molecule has 0 aliphatic heterocycles. The summed E-state index contributed by atoms with van der Waals surface area (Å²) in [5.41, 5.74) is -1.23. The molecule has 0 aliphatic rings. The fourth-order valence-corrected chi connectivity index (χ4v) is 2.76. The van der Waals surface area contributed by atoms with Crippen molar-refractivity contribution in [1.29, 1.82) is 0 Å². The van der Waals surface area contributed by atoms with Crippen molar-refractivity contribution in [2.24, 2.45) is 0 Å². The first-order valence-electron chi connectivity index (χ1n) is 4.98. The molecular weight excluding hydrogens is 271 g/mol. The van der Waals surface area contributed by atoms with E-state index in [9.17, 15) is 21.6 Å². The van der Waals surface area contributed by atoms with E-state index in [-0.39, 0.29) is 0 Å². The summed E-state index contributed by atoms with van der Waals surface area (Å²) in [7, 11) is -4.32. The Labute approximate surface area is 102 Å². The van der Waals surface area contributed by atoms with Gasteiger partial charge in [-0.2, -0.15) is 13.2 Å². The van der Waals surface area contributed by atoms with Gasteiger partial charge in [0.2, 0.25) is 10.0 Å². The largest absolute Gasteiger partial charge is 0.417 e. The third-order valence-corrected chi connectivity index (χ3v) is 3.76. The standard InChI is InChI=1S/C10H12F3NO3S/c1-7(6-15)14-18(16,17)9-5-3-2-4-8(9)10(11,12)13/h2-5,7,14-15H,6H2,1H3. The van der Waals surface area contributed by atoms with Gasteiger partial charge in [0.25, 0.3) is 0 Å². The molecule has 0 aliphatic carbocycles. The first-order chi connectivity index (χ1) is 8.18. The molecule has 1 rings (SSSR count). The third-order valence-electron chi connectivity index (χ3n) is 2.11. The van der Waals surface area contributed by atoms with Gasteiger partial charge in [0, 0.05) is 6.04 Å². The van der Waals surface area contributed by atoms with Gasteiger partial charge in [0.1, 0.15) is 0 Å². The monoisotopic (exact) mass is 283 g/mol. The summed E-state index contributed by atoms with van der Waals surface area (Å²) in [4.78, 5) is -0.849. The maximum atomic E-state index is 12.7. The van der Waals surface area contributed by atoms with E-state index in [1.165, 1.54) is 13.0 Å². The molecule has 0 aromatic heterocycles. The molecule has 0 amide bonds. The van der Waals surface area contributed by atoms with Crippen molar-refractivity contribution in [3.63, 3.8) is 0 Å². The molecule has 2 N–H and O–H groups in total. The Morgan fingerprint density at radius 3 is 2.39 bits per heavy atom. The molecule has 0 radical (unpaired) electrons. The second-order valence-electron chi connectivity index (χ2n) is 3.70. The zero-order valence-electron chi connectivity index (χ0n) is 9.40. The van der Waals surface area contributed by atoms with Crippen LogP contribution in [0.5, 0.6) is 0 Å². The van der Waals surface area contributed by atoms with Crippen molar-refractivity contribution in [3.05, 3.63) is 29.8 Å². The Morgan fingerprint density at radius 2 is 1.89 bits per heavy atom. The maximum Gasteiger partial charge on any atom is 0.417 e. The summed E-state index contributed by atoms with van der Waals surface area (Å²) in [6.07, 6.45) is -4.76. The van der Waals surface area contributed by atoms with Crippen LogP contribution in [0.25, 0.3) is 0 Å². The number of hydrogen-bond donors (Lipinski definition) is 2. The number of sulfonamides is 1. The van der Waals surface area contributed by atoms with Crippen LogP contribution < -0.4 is 4.72 Å². The summed E-state index contributed by atoms with van der Waals surface area (Å²) in [6, 6.07) is 3.01. The van der Waals surface area contributed by atoms with Gasteiger partial charge in [-0.15, -0.1) is 0 Å². The number of aliphatic hydroxyl groups is 1. The number of benzene rings is 1. The van der Waals surface area contributed by atoms with Crippen LogP contribution in [-0.4, -0.2) is 26.2 Å². The minimum atomic E-state index is -4.76. The molecule has 1 unspecified atom stereocenters. The molecule has 1 aromatic carbocycles. The van der Waals surface area contributed by atoms with Gasteiger partial charge < -0.3 is 5.11 Å². The molecule has 1 aromatic rings. The third kappa shape index (κ3) is 3.44.